The standard InChI is InChI=1S/C2H6FNO/c1-5-2(3)4/h2H,4H2,1H3. The van der Waals surface area contributed by atoms with E-state index in [0.717, 1.165) is 0 Å². The second-order valence-electron chi connectivity index (χ2n) is 0.587. The molecule has 0 amide bonds. The lowest BCUT2D eigenvalue weighted by atomic mass is 11.2. The van der Waals surface area contributed by atoms with Crippen LogP contribution in [-0.2, 0) is 4.74 Å². The summed E-state index contributed by atoms with van der Waals surface area (Å²) in [6.07, 6.45) is 0. The number of alkyl halides is 1. The van der Waals surface area contributed by atoms with Gasteiger partial charge in [-0.15, -0.1) is 0 Å². The molecule has 0 aromatic rings. The Morgan fingerprint density at radius 1 is 2.00 bits per heavy atom. The number of methoxy groups -OCH3 is 1. The monoisotopic (exact) mass is 79.0 g/mol. The summed E-state index contributed by atoms with van der Waals surface area (Å²) < 4.78 is 14.8. The Labute approximate surface area is 29.7 Å². The third-order valence-corrected chi connectivity index (χ3v) is 0.225. The molecular weight excluding hydrogens is 73.0 g/mol. The van der Waals surface area contributed by atoms with Crippen LogP contribution in [0.5, 0.6) is 0 Å². The summed E-state index contributed by atoms with van der Waals surface area (Å²) >= 11 is 0. The lowest BCUT2D eigenvalue weighted by molar-refractivity contribution is 0.00121. The van der Waals surface area contributed by atoms with Gasteiger partial charge in [-0.1, -0.05) is 0 Å². The quantitative estimate of drug-likeness (QED) is 0.350. The molecule has 0 radical (unpaired) electrons. The van der Waals surface area contributed by atoms with Crippen LogP contribution < -0.4 is 5.73 Å². The minimum atomic E-state index is -1.62. The molecule has 0 fully saturated rings. The van der Waals surface area contributed by atoms with Crippen LogP contribution >= 0.6 is 0 Å². The number of nitrogens with two attached hydrogens (primary N) is 1. The van der Waals surface area contributed by atoms with Crippen molar-refractivity contribution in [2.45, 2.75) is 6.48 Å². The largest absolute Gasteiger partial charge is 0.340 e. The Morgan fingerprint density at radius 2 is 2.20 bits per heavy atom. The summed E-state index contributed by atoms with van der Waals surface area (Å²) in [5.74, 6) is 0. The van der Waals surface area contributed by atoms with Gasteiger partial charge in [0.25, 0.3) is 6.48 Å². The highest BCUT2D eigenvalue weighted by Gasteiger charge is 1.84. The van der Waals surface area contributed by atoms with Crippen molar-refractivity contribution < 1.29 is 9.13 Å². The molecule has 0 saturated carbocycles. The second-order valence-corrected chi connectivity index (χ2v) is 0.587. The molecular formula is C2H6FNO. The van der Waals surface area contributed by atoms with Gasteiger partial charge < -0.3 is 4.74 Å². The van der Waals surface area contributed by atoms with E-state index in [-0.39, 0.29) is 0 Å². The molecule has 0 rings (SSSR count). The summed E-state index contributed by atoms with van der Waals surface area (Å²) in [6.45, 7) is -1.62. The predicted molar refractivity (Wildman–Crippen MR) is 16.1 cm³/mol. The number of hydrogen-bond acceptors (Lipinski definition) is 2. The minimum absolute atomic E-state index is 1.20. The molecule has 2 nitrogen and oxygen atoms in total. The van der Waals surface area contributed by atoms with Crippen molar-refractivity contribution in [2.24, 2.45) is 5.73 Å². The fraction of sp³-hybridized carbons (Fsp3) is 1.00. The van der Waals surface area contributed by atoms with Gasteiger partial charge in [-0.3, -0.25) is 5.73 Å². The molecule has 5 heavy (non-hydrogen) atoms. The Morgan fingerprint density at radius 3 is 2.20 bits per heavy atom. The number of halogens is 1. The number of rotatable bonds is 1. The zero-order chi connectivity index (χ0) is 4.28. The first-order valence-electron chi connectivity index (χ1n) is 1.20. The second kappa shape index (κ2) is 2.11. The average molecular weight is 79.1 g/mol. The van der Waals surface area contributed by atoms with Crippen LogP contribution in [0.25, 0.3) is 0 Å². The predicted octanol–water partition coefficient (Wildman–Crippen LogP) is -0.155. The molecule has 0 aliphatic rings. The molecule has 0 saturated heterocycles. The van der Waals surface area contributed by atoms with Crippen LogP contribution in [0, 0.1) is 0 Å². The minimum Gasteiger partial charge on any atom is -0.340 e. The Bertz CT molecular complexity index is 23.6. The van der Waals surface area contributed by atoms with E-state index in [1.54, 1.807) is 0 Å². The fourth-order valence-corrected chi connectivity index (χ4v) is 0. The zero-order valence-electron chi connectivity index (χ0n) is 2.94. The topological polar surface area (TPSA) is 35.2 Å². The number of ether oxygens (including phenoxy) is 1. The molecule has 32 valence electrons. The summed E-state index contributed by atoms with van der Waals surface area (Å²) in [4.78, 5) is 0. The van der Waals surface area contributed by atoms with Crippen molar-refractivity contribution in [2.75, 3.05) is 7.11 Å². The normalized spacial score (nSPS) is 15.0. The van der Waals surface area contributed by atoms with E-state index >= 15 is 0 Å². The van der Waals surface area contributed by atoms with Crippen LogP contribution in [0.2, 0.25) is 0 Å². The van der Waals surface area contributed by atoms with Crippen molar-refractivity contribution in [1.82, 2.24) is 0 Å². The van der Waals surface area contributed by atoms with E-state index in [9.17, 15) is 4.39 Å². The van der Waals surface area contributed by atoms with Gasteiger partial charge in [-0.05, 0) is 0 Å². The van der Waals surface area contributed by atoms with Crippen molar-refractivity contribution in [3.63, 3.8) is 0 Å². The molecule has 2 N–H and O–H groups in total. The van der Waals surface area contributed by atoms with Crippen LogP contribution in [0.4, 0.5) is 4.39 Å². The third kappa shape index (κ3) is 3.85. The van der Waals surface area contributed by atoms with E-state index in [2.05, 4.69) is 10.5 Å². The summed E-state index contributed by atoms with van der Waals surface area (Å²) in [7, 11) is 1.20. The first-order valence-corrected chi connectivity index (χ1v) is 1.20. The van der Waals surface area contributed by atoms with Crippen molar-refractivity contribution in [3.8, 4) is 0 Å². The smallest absolute Gasteiger partial charge is 0.252 e. The first-order chi connectivity index (χ1) is 2.27. The maximum absolute atomic E-state index is 11.0. The molecule has 0 heterocycles. The molecule has 0 aliphatic heterocycles. The third-order valence-electron chi connectivity index (χ3n) is 0.225. The molecule has 0 aromatic carbocycles. The highest BCUT2D eigenvalue weighted by Crippen LogP contribution is 1.72. The van der Waals surface area contributed by atoms with E-state index in [1.807, 2.05) is 0 Å². The van der Waals surface area contributed by atoms with Gasteiger partial charge in [0, 0.05) is 7.11 Å². The van der Waals surface area contributed by atoms with E-state index in [4.69, 9.17) is 0 Å². The maximum Gasteiger partial charge on any atom is 0.252 e. The summed E-state index contributed by atoms with van der Waals surface area (Å²) in [6, 6.07) is 0. The van der Waals surface area contributed by atoms with Crippen LogP contribution in [0.3, 0.4) is 0 Å². The molecule has 3 heteroatoms. The highest BCUT2D eigenvalue weighted by molar-refractivity contribution is 4.07. The Hall–Kier alpha value is -0.150. The zero-order valence-corrected chi connectivity index (χ0v) is 2.94. The van der Waals surface area contributed by atoms with Gasteiger partial charge >= 0.3 is 0 Å². The molecule has 0 aromatic heterocycles. The van der Waals surface area contributed by atoms with Gasteiger partial charge in [-0.2, -0.15) is 4.39 Å². The van der Waals surface area contributed by atoms with E-state index < -0.39 is 6.48 Å². The van der Waals surface area contributed by atoms with Crippen LogP contribution in [0.15, 0.2) is 0 Å². The van der Waals surface area contributed by atoms with E-state index in [1.165, 1.54) is 7.11 Å². The Kier molecular flexibility index (Phi) is 2.05. The summed E-state index contributed by atoms with van der Waals surface area (Å²) in [5.41, 5.74) is 4.40. The average Bonchev–Trinajstić information content (AvgIpc) is 1.38. The summed E-state index contributed by atoms with van der Waals surface area (Å²) in [5, 5.41) is 0. The van der Waals surface area contributed by atoms with E-state index in [0.29, 0.717) is 0 Å². The Balaban J connectivity index is 2.54. The van der Waals surface area contributed by atoms with Gasteiger partial charge in [0.1, 0.15) is 0 Å². The van der Waals surface area contributed by atoms with Crippen LogP contribution in [0.1, 0.15) is 0 Å². The van der Waals surface area contributed by atoms with Gasteiger partial charge in [0.05, 0.1) is 0 Å². The lowest BCUT2D eigenvalue weighted by Crippen LogP contribution is -2.14. The molecule has 0 aliphatic carbocycles. The SMILES string of the molecule is COC(N)F. The molecule has 1 atom stereocenters. The maximum atomic E-state index is 11.0. The lowest BCUT2D eigenvalue weighted by Gasteiger charge is -1.90. The van der Waals surface area contributed by atoms with Crippen LogP contribution in [-0.4, -0.2) is 13.6 Å². The number of hydrogen-bond donors (Lipinski definition) is 1. The van der Waals surface area contributed by atoms with Crippen molar-refractivity contribution in [3.05, 3.63) is 0 Å². The van der Waals surface area contributed by atoms with Gasteiger partial charge in [-0.25, -0.2) is 0 Å². The fourth-order valence-electron chi connectivity index (χ4n) is 0. The van der Waals surface area contributed by atoms with Gasteiger partial charge in [0.2, 0.25) is 0 Å². The first kappa shape index (κ1) is 4.85. The molecule has 0 bridgehead atoms. The van der Waals surface area contributed by atoms with Gasteiger partial charge in [0.15, 0.2) is 0 Å². The molecule has 0 spiro atoms. The molecule has 1 unspecified atom stereocenters. The van der Waals surface area contributed by atoms with Crippen molar-refractivity contribution in [1.29, 1.82) is 0 Å². The highest BCUT2D eigenvalue weighted by atomic mass is 19.1. The van der Waals surface area contributed by atoms with Crippen molar-refractivity contribution >= 4 is 0 Å².